The van der Waals surface area contributed by atoms with E-state index in [9.17, 15) is 4.39 Å². The van der Waals surface area contributed by atoms with Crippen LogP contribution in [-0.4, -0.2) is 17.5 Å². The smallest absolute Gasteiger partial charge is 0.136 e. The van der Waals surface area contributed by atoms with Crippen LogP contribution in [0.4, 0.5) is 4.39 Å². The number of hydrogen-bond acceptors (Lipinski definition) is 2. The Balaban J connectivity index is 2.46. The van der Waals surface area contributed by atoms with Gasteiger partial charge in [0.1, 0.15) is 5.82 Å². The predicted octanol–water partition coefficient (Wildman–Crippen LogP) is 2.30. The lowest BCUT2D eigenvalue weighted by Gasteiger charge is -2.00. The molecule has 1 N–H and O–H groups in total. The maximum absolute atomic E-state index is 12.9. The predicted molar refractivity (Wildman–Crippen MR) is 48.8 cm³/mol. The Kier molecular flexibility index (Phi) is 4.11. The third-order valence-electron chi connectivity index (χ3n) is 1.40. The molecule has 3 heteroatoms. The summed E-state index contributed by atoms with van der Waals surface area (Å²) in [4.78, 5) is 0.658. The van der Waals surface area contributed by atoms with Gasteiger partial charge in [0.25, 0.3) is 0 Å². The van der Waals surface area contributed by atoms with Gasteiger partial charge < -0.3 is 5.11 Å². The Hall–Kier alpha value is -0.540. The number of hydrogen-bond donors (Lipinski definition) is 1. The maximum Gasteiger partial charge on any atom is 0.136 e. The van der Waals surface area contributed by atoms with Gasteiger partial charge in [-0.25, -0.2) is 4.39 Å². The summed E-state index contributed by atoms with van der Waals surface area (Å²) in [7, 11) is 0. The van der Waals surface area contributed by atoms with Crippen molar-refractivity contribution in [2.24, 2.45) is 0 Å². The molecule has 0 atom stereocenters. The average Bonchev–Trinajstić information content (AvgIpc) is 2.09. The van der Waals surface area contributed by atoms with E-state index in [2.05, 4.69) is 0 Å². The zero-order valence-corrected chi connectivity index (χ0v) is 7.48. The Labute approximate surface area is 75.6 Å². The van der Waals surface area contributed by atoms with E-state index in [4.69, 9.17) is 5.11 Å². The summed E-state index contributed by atoms with van der Waals surface area (Å²) >= 11 is 1.44. The highest BCUT2D eigenvalue weighted by Crippen LogP contribution is 2.21. The van der Waals surface area contributed by atoms with Gasteiger partial charge in [0.2, 0.25) is 0 Å². The normalized spacial score (nSPS) is 10.2. The topological polar surface area (TPSA) is 20.2 Å². The number of rotatable bonds is 4. The summed E-state index contributed by atoms with van der Waals surface area (Å²) in [5.41, 5.74) is 0. The van der Waals surface area contributed by atoms with Crippen molar-refractivity contribution in [3.05, 3.63) is 30.1 Å². The standard InChI is InChI=1S/C9H11FOS/c10-8-4-1-2-5-9(8)12-7-3-6-11/h1-2,4-5,11H,3,6-7H2. The minimum Gasteiger partial charge on any atom is -0.396 e. The molecule has 12 heavy (non-hydrogen) atoms. The van der Waals surface area contributed by atoms with Crippen molar-refractivity contribution in [2.75, 3.05) is 12.4 Å². The zero-order chi connectivity index (χ0) is 8.81. The van der Waals surface area contributed by atoms with Crippen molar-refractivity contribution in [1.82, 2.24) is 0 Å². The molecule has 1 aromatic rings. The highest BCUT2D eigenvalue weighted by molar-refractivity contribution is 7.99. The van der Waals surface area contributed by atoms with E-state index in [1.807, 2.05) is 6.07 Å². The number of thioether (sulfide) groups is 1. The lowest BCUT2D eigenvalue weighted by molar-refractivity contribution is 0.296. The first kappa shape index (κ1) is 9.55. The molecule has 0 heterocycles. The van der Waals surface area contributed by atoms with Gasteiger partial charge in [-0.1, -0.05) is 12.1 Å². The van der Waals surface area contributed by atoms with Crippen LogP contribution in [0.1, 0.15) is 6.42 Å². The molecule has 0 aliphatic rings. The molecular formula is C9H11FOS. The van der Waals surface area contributed by atoms with E-state index in [0.717, 1.165) is 5.75 Å². The Morgan fingerprint density at radius 2 is 2.08 bits per heavy atom. The Bertz CT molecular complexity index is 240. The fourth-order valence-electron chi connectivity index (χ4n) is 0.808. The minimum atomic E-state index is -0.180. The first-order chi connectivity index (χ1) is 5.84. The largest absolute Gasteiger partial charge is 0.396 e. The molecule has 1 aromatic carbocycles. The summed E-state index contributed by atoms with van der Waals surface area (Å²) in [5.74, 6) is 0.581. The number of aliphatic hydroxyl groups excluding tert-OH is 1. The fourth-order valence-corrected chi connectivity index (χ4v) is 1.68. The van der Waals surface area contributed by atoms with E-state index in [0.29, 0.717) is 11.3 Å². The van der Waals surface area contributed by atoms with E-state index in [-0.39, 0.29) is 12.4 Å². The van der Waals surface area contributed by atoms with Gasteiger partial charge in [0.05, 0.1) is 0 Å². The minimum absolute atomic E-state index is 0.168. The molecule has 0 unspecified atom stereocenters. The van der Waals surface area contributed by atoms with E-state index in [1.165, 1.54) is 17.8 Å². The summed E-state index contributed by atoms with van der Waals surface area (Å²) < 4.78 is 12.9. The third-order valence-corrected chi connectivity index (χ3v) is 2.53. The van der Waals surface area contributed by atoms with Gasteiger partial charge in [-0.2, -0.15) is 0 Å². The van der Waals surface area contributed by atoms with Crippen molar-refractivity contribution in [3.63, 3.8) is 0 Å². The lowest BCUT2D eigenvalue weighted by Crippen LogP contribution is -1.87. The van der Waals surface area contributed by atoms with Crippen LogP contribution in [0.5, 0.6) is 0 Å². The van der Waals surface area contributed by atoms with Gasteiger partial charge in [0, 0.05) is 17.3 Å². The quantitative estimate of drug-likeness (QED) is 0.575. The van der Waals surface area contributed by atoms with Crippen molar-refractivity contribution in [2.45, 2.75) is 11.3 Å². The molecule has 0 saturated heterocycles. The number of halogens is 1. The first-order valence-electron chi connectivity index (χ1n) is 3.83. The van der Waals surface area contributed by atoms with Crippen LogP contribution in [0.2, 0.25) is 0 Å². The number of aliphatic hydroxyl groups is 1. The molecule has 0 bridgehead atoms. The third kappa shape index (κ3) is 2.83. The molecule has 0 spiro atoms. The van der Waals surface area contributed by atoms with Crippen LogP contribution in [-0.2, 0) is 0 Å². The Morgan fingerprint density at radius 3 is 2.75 bits per heavy atom. The van der Waals surface area contributed by atoms with Crippen LogP contribution in [0.25, 0.3) is 0 Å². The van der Waals surface area contributed by atoms with Gasteiger partial charge in [-0.3, -0.25) is 0 Å². The second-order valence-electron chi connectivity index (χ2n) is 2.36. The molecule has 0 saturated carbocycles. The number of benzene rings is 1. The van der Waals surface area contributed by atoms with Crippen LogP contribution in [0.15, 0.2) is 29.2 Å². The van der Waals surface area contributed by atoms with Crippen LogP contribution in [0.3, 0.4) is 0 Å². The highest BCUT2D eigenvalue weighted by Gasteiger charge is 1.99. The van der Waals surface area contributed by atoms with E-state index >= 15 is 0 Å². The van der Waals surface area contributed by atoms with Gasteiger partial charge in [-0.05, 0) is 18.6 Å². The molecule has 1 nitrogen and oxygen atoms in total. The van der Waals surface area contributed by atoms with Crippen molar-refractivity contribution < 1.29 is 9.50 Å². The van der Waals surface area contributed by atoms with Gasteiger partial charge in [-0.15, -0.1) is 11.8 Å². The molecule has 1 rings (SSSR count). The summed E-state index contributed by atoms with van der Waals surface area (Å²) in [6, 6.07) is 6.68. The monoisotopic (exact) mass is 186 g/mol. The summed E-state index contributed by atoms with van der Waals surface area (Å²) in [6.07, 6.45) is 0.707. The molecule has 0 aliphatic heterocycles. The molecule has 0 fully saturated rings. The molecule has 0 aromatic heterocycles. The second-order valence-corrected chi connectivity index (χ2v) is 3.49. The SMILES string of the molecule is OCCCSc1ccccc1F. The van der Waals surface area contributed by atoms with Gasteiger partial charge in [0.15, 0.2) is 0 Å². The van der Waals surface area contributed by atoms with Crippen molar-refractivity contribution in [1.29, 1.82) is 0 Å². The second kappa shape index (κ2) is 5.17. The highest BCUT2D eigenvalue weighted by atomic mass is 32.2. The lowest BCUT2D eigenvalue weighted by atomic mass is 10.3. The molecule has 0 aliphatic carbocycles. The average molecular weight is 186 g/mol. The maximum atomic E-state index is 12.9. The summed E-state index contributed by atoms with van der Waals surface area (Å²) in [6.45, 7) is 0.168. The van der Waals surface area contributed by atoms with Crippen LogP contribution in [0, 0.1) is 5.82 Å². The molecule has 0 amide bonds. The van der Waals surface area contributed by atoms with E-state index < -0.39 is 0 Å². The molecular weight excluding hydrogens is 175 g/mol. The van der Waals surface area contributed by atoms with Crippen LogP contribution >= 0.6 is 11.8 Å². The van der Waals surface area contributed by atoms with Crippen molar-refractivity contribution >= 4 is 11.8 Å². The van der Waals surface area contributed by atoms with E-state index in [1.54, 1.807) is 12.1 Å². The Morgan fingerprint density at radius 1 is 1.33 bits per heavy atom. The van der Waals surface area contributed by atoms with Crippen LogP contribution < -0.4 is 0 Å². The van der Waals surface area contributed by atoms with Crippen molar-refractivity contribution in [3.8, 4) is 0 Å². The summed E-state index contributed by atoms with van der Waals surface area (Å²) in [5, 5.41) is 8.51. The first-order valence-corrected chi connectivity index (χ1v) is 4.81. The molecule has 0 radical (unpaired) electrons. The zero-order valence-electron chi connectivity index (χ0n) is 6.66. The van der Waals surface area contributed by atoms with Gasteiger partial charge >= 0.3 is 0 Å². The fraction of sp³-hybridized carbons (Fsp3) is 0.333. The molecule has 66 valence electrons.